The molecule has 23 heavy (non-hydrogen) atoms. The zero-order chi connectivity index (χ0) is 16.2. The molecular formula is C17H23N3O3. The summed E-state index contributed by atoms with van der Waals surface area (Å²) < 4.78 is 7.15. The third-order valence-electron chi connectivity index (χ3n) is 4.36. The standard InChI is InChI=1S/C17H23N3O3/c1-18(7-8-19-9-11-23-12-10-19)15-3-2-4-16-14(15)5-6-20(16)13-17(21)22/h2-6H,7-13H2,1H3,(H,21,22). The lowest BCUT2D eigenvalue weighted by atomic mass is 10.2. The summed E-state index contributed by atoms with van der Waals surface area (Å²) in [6.07, 6.45) is 1.85. The number of carboxylic acid groups (broad SMARTS) is 1. The number of fused-ring (bicyclic) bond motifs is 1. The molecule has 0 amide bonds. The van der Waals surface area contributed by atoms with Gasteiger partial charge in [-0.2, -0.15) is 0 Å². The average molecular weight is 317 g/mol. The Morgan fingerprint density at radius 1 is 1.30 bits per heavy atom. The summed E-state index contributed by atoms with van der Waals surface area (Å²) in [7, 11) is 2.09. The summed E-state index contributed by atoms with van der Waals surface area (Å²) in [5, 5.41) is 10.1. The Balaban J connectivity index is 1.73. The van der Waals surface area contributed by atoms with E-state index in [0.717, 1.165) is 56.0 Å². The Hall–Kier alpha value is -2.05. The van der Waals surface area contributed by atoms with Crippen molar-refractivity contribution in [3.05, 3.63) is 30.5 Å². The van der Waals surface area contributed by atoms with E-state index in [1.807, 2.05) is 24.4 Å². The monoisotopic (exact) mass is 317 g/mol. The van der Waals surface area contributed by atoms with E-state index in [4.69, 9.17) is 9.84 Å². The molecule has 2 heterocycles. The van der Waals surface area contributed by atoms with Crippen LogP contribution < -0.4 is 4.90 Å². The van der Waals surface area contributed by atoms with E-state index in [1.54, 1.807) is 4.57 Å². The molecule has 0 atom stereocenters. The highest BCUT2D eigenvalue weighted by molar-refractivity contribution is 5.93. The molecule has 2 aromatic rings. The normalized spacial score (nSPS) is 15.9. The van der Waals surface area contributed by atoms with Crippen LogP contribution in [-0.4, -0.2) is 67.0 Å². The number of nitrogens with zero attached hydrogens (tertiary/aromatic N) is 3. The van der Waals surface area contributed by atoms with Crippen molar-refractivity contribution < 1.29 is 14.6 Å². The molecule has 3 rings (SSSR count). The van der Waals surface area contributed by atoms with Gasteiger partial charge in [0.05, 0.1) is 18.7 Å². The molecule has 0 saturated carbocycles. The lowest BCUT2D eigenvalue weighted by Crippen LogP contribution is -2.40. The number of anilines is 1. The minimum atomic E-state index is -0.825. The molecule has 1 aromatic heterocycles. The first kappa shape index (κ1) is 15.8. The molecule has 0 aliphatic carbocycles. The van der Waals surface area contributed by atoms with E-state index < -0.39 is 5.97 Å². The van der Waals surface area contributed by atoms with Gasteiger partial charge in [-0.1, -0.05) is 6.07 Å². The third-order valence-corrected chi connectivity index (χ3v) is 4.36. The van der Waals surface area contributed by atoms with Gasteiger partial charge in [0, 0.05) is 50.5 Å². The van der Waals surface area contributed by atoms with Crippen LogP contribution in [0.3, 0.4) is 0 Å². The summed E-state index contributed by atoms with van der Waals surface area (Å²) in [5.41, 5.74) is 2.10. The Kier molecular flexibility index (Phi) is 4.83. The van der Waals surface area contributed by atoms with E-state index in [0.29, 0.717) is 0 Å². The maximum Gasteiger partial charge on any atom is 0.323 e. The number of carboxylic acids is 1. The number of hydrogen-bond acceptors (Lipinski definition) is 4. The zero-order valence-electron chi connectivity index (χ0n) is 13.4. The molecular weight excluding hydrogens is 294 g/mol. The molecule has 1 fully saturated rings. The van der Waals surface area contributed by atoms with E-state index in [-0.39, 0.29) is 6.54 Å². The zero-order valence-corrected chi connectivity index (χ0v) is 13.4. The third kappa shape index (κ3) is 3.65. The largest absolute Gasteiger partial charge is 0.480 e. The van der Waals surface area contributed by atoms with Crippen molar-refractivity contribution in [2.75, 3.05) is 51.3 Å². The molecule has 6 nitrogen and oxygen atoms in total. The first-order valence-electron chi connectivity index (χ1n) is 7.96. The molecule has 0 bridgehead atoms. The molecule has 0 unspecified atom stereocenters. The van der Waals surface area contributed by atoms with Crippen molar-refractivity contribution in [1.29, 1.82) is 0 Å². The molecule has 1 saturated heterocycles. The highest BCUT2D eigenvalue weighted by Gasteiger charge is 2.13. The Labute approximate surface area is 135 Å². The van der Waals surface area contributed by atoms with Crippen molar-refractivity contribution in [1.82, 2.24) is 9.47 Å². The number of benzene rings is 1. The van der Waals surface area contributed by atoms with E-state index in [1.165, 1.54) is 0 Å². The number of ether oxygens (including phenoxy) is 1. The SMILES string of the molecule is CN(CCN1CCOCC1)c1cccc2c1ccn2CC(=O)O. The molecule has 1 aliphatic rings. The second-order valence-electron chi connectivity index (χ2n) is 5.92. The van der Waals surface area contributed by atoms with Crippen LogP contribution in [0.5, 0.6) is 0 Å². The van der Waals surface area contributed by atoms with Gasteiger partial charge in [0.25, 0.3) is 0 Å². The van der Waals surface area contributed by atoms with Crippen LogP contribution >= 0.6 is 0 Å². The van der Waals surface area contributed by atoms with Crippen LogP contribution in [0.1, 0.15) is 0 Å². The van der Waals surface area contributed by atoms with Crippen LogP contribution in [0.2, 0.25) is 0 Å². The van der Waals surface area contributed by atoms with Crippen molar-refractivity contribution in [2.24, 2.45) is 0 Å². The molecule has 6 heteroatoms. The fraction of sp³-hybridized carbons (Fsp3) is 0.471. The summed E-state index contributed by atoms with van der Waals surface area (Å²) in [5.74, 6) is -0.825. The van der Waals surface area contributed by atoms with E-state index in [2.05, 4.69) is 22.9 Å². The summed E-state index contributed by atoms with van der Waals surface area (Å²) in [4.78, 5) is 15.6. The molecule has 1 aromatic carbocycles. The van der Waals surface area contributed by atoms with Gasteiger partial charge in [-0.15, -0.1) is 0 Å². The predicted molar refractivity (Wildman–Crippen MR) is 90.1 cm³/mol. The fourth-order valence-electron chi connectivity index (χ4n) is 3.06. The fourth-order valence-corrected chi connectivity index (χ4v) is 3.06. The highest BCUT2D eigenvalue weighted by atomic mass is 16.5. The summed E-state index contributed by atoms with van der Waals surface area (Å²) in [6.45, 7) is 5.55. The molecule has 0 radical (unpaired) electrons. The quantitative estimate of drug-likeness (QED) is 0.875. The van der Waals surface area contributed by atoms with Gasteiger partial charge in [0.2, 0.25) is 0 Å². The predicted octanol–water partition coefficient (Wildman–Crippen LogP) is 1.49. The van der Waals surface area contributed by atoms with Gasteiger partial charge in [-0.05, 0) is 18.2 Å². The van der Waals surface area contributed by atoms with Crippen LogP contribution in [-0.2, 0) is 16.1 Å². The topological polar surface area (TPSA) is 57.9 Å². The van der Waals surface area contributed by atoms with Crippen molar-refractivity contribution in [3.8, 4) is 0 Å². The lowest BCUT2D eigenvalue weighted by Gasteiger charge is -2.29. The molecule has 1 aliphatic heterocycles. The highest BCUT2D eigenvalue weighted by Crippen LogP contribution is 2.27. The molecule has 1 N–H and O–H groups in total. The van der Waals surface area contributed by atoms with Gasteiger partial charge in [0.1, 0.15) is 6.54 Å². The van der Waals surface area contributed by atoms with Gasteiger partial charge >= 0.3 is 5.97 Å². The lowest BCUT2D eigenvalue weighted by molar-refractivity contribution is -0.137. The molecule has 0 spiro atoms. The Morgan fingerprint density at radius 3 is 2.83 bits per heavy atom. The number of carbonyl (C=O) groups is 1. The van der Waals surface area contributed by atoms with Crippen LogP contribution in [0.4, 0.5) is 5.69 Å². The number of aromatic nitrogens is 1. The summed E-state index contributed by atoms with van der Waals surface area (Å²) >= 11 is 0. The summed E-state index contributed by atoms with van der Waals surface area (Å²) in [6, 6.07) is 8.05. The van der Waals surface area contributed by atoms with E-state index >= 15 is 0 Å². The second-order valence-corrected chi connectivity index (χ2v) is 5.92. The second kappa shape index (κ2) is 7.02. The minimum absolute atomic E-state index is 0.00948. The Bertz CT molecular complexity index is 677. The number of rotatable bonds is 6. The Morgan fingerprint density at radius 2 is 2.09 bits per heavy atom. The van der Waals surface area contributed by atoms with Crippen LogP contribution in [0, 0.1) is 0 Å². The van der Waals surface area contributed by atoms with Crippen LogP contribution in [0.25, 0.3) is 10.9 Å². The van der Waals surface area contributed by atoms with Gasteiger partial charge < -0.3 is 19.3 Å². The van der Waals surface area contributed by atoms with E-state index in [9.17, 15) is 4.79 Å². The van der Waals surface area contributed by atoms with Crippen molar-refractivity contribution in [3.63, 3.8) is 0 Å². The number of morpholine rings is 1. The number of likely N-dealkylation sites (N-methyl/N-ethyl adjacent to an activating group) is 1. The maximum atomic E-state index is 11.0. The minimum Gasteiger partial charge on any atom is -0.480 e. The first-order valence-corrected chi connectivity index (χ1v) is 7.96. The van der Waals surface area contributed by atoms with Crippen LogP contribution in [0.15, 0.2) is 30.5 Å². The van der Waals surface area contributed by atoms with Crippen molar-refractivity contribution in [2.45, 2.75) is 6.54 Å². The van der Waals surface area contributed by atoms with Gasteiger partial charge in [0.15, 0.2) is 0 Å². The van der Waals surface area contributed by atoms with Crippen molar-refractivity contribution >= 4 is 22.6 Å². The first-order chi connectivity index (χ1) is 11.1. The average Bonchev–Trinajstić information content (AvgIpc) is 2.96. The van der Waals surface area contributed by atoms with Gasteiger partial charge in [-0.3, -0.25) is 9.69 Å². The number of hydrogen-bond donors (Lipinski definition) is 1. The van der Waals surface area contributed by atoms with Gasteiger partial charge in [-0.25, -0.2) is 0 Å². The smallest absolute Gasteiger partial charge is 0.323 e. The number of aliphatic carboxylic acids is 1. The maximum absolute atomic E-state index is 11.0. The molecule has 124 valence electrons.